The molecule has 0 aliphatic carbocycles. The number of carbonyl (C=O) groups is 1. The van der Waals surface area contributed by atoms with Gasteiger partial charge in [0.1, 0.15) is 12.3 Å². The number of aromatic nitrogens is 1. The highest BCUT2D eigenvalue weighted by Gasteiger charge is 2.15. The Bertz CT molecular complexity index is 697. The number of carbonyl (C=O) groups excluding carboxylic acids is 1. The van der Waals surface area contributed by atoms with E-state index in [0.29, 0.717) is 18.8 Å². The number of hydrogen-bond donors (Lipinski definition) is 2. The van der Waals surface area contributed by atoms with E-state index < -0.39 is 0 Å². The Morgan fingerprint density at radius 1 is 1.43 bits per heavy atom. The highest BCUT2D eigenvalue weighted by molar-refractivity contribution is 9.10. The summed E-state index contributed by atoms with van der Waals surface area (Å²) >= 11 is 9.39. The van der Waals surface area contributed by atoms with E-state index in [1.807, 2.05) is 25.2 Å². The molecule has 0 bridgehead atoms. The van der Waals surface area contributed by atoms with E-state index in [1.165, 1.54) is 0 Å². The molecule has 0 aliphatic rings. The van der Waals surface area contributed by atoms with Gasteiger partial charge in [-0.2, -0.15) is 0 Å². The summed E-state index contributed by atoms with van der Waals surface area (Å²) in [6.07, 6.45) is 1.58. The summed E-state index contributed by atoms with van der Waals surface area (Å²) in [6, 6.07) is 9.28. The van der Waals surface area contributed by atoms with E-state index in [9.17, 15) is 4.79 Å². The van der Waals surface area contributed by atoms with Gasteiger partial charge >= 0.3 is 0 Å². The molecule has 1 unspecified atom stereocenters. The second-order valence-corrected chi connectivity index (χ2v) is 6.43. The number of amides is 1. The van der Waals surface area contributed by atoms with E-state index in [2.05, 4.69) is 26.2 Å². The van der Waals surface area contributed by atoms with Gasteiger partial charge in [0.2, 0.25) is 0 Å². The molecular formula is C16H18BrClN3O2+. The van der Waals surface area contributed by atoms with Crippen LogP contribution in [-0.4, -0.2) is 31.6 Å². The number of nitrogens with one attached hydrogen (secondary N) is 2. The van der Waals surface area contributed by atoms with Crippen LogP contribution in [0.15, 0.2) is 41.0 Å². The van der Waals surface area contributed by atoms with Crippen molar-refractivity contribution in [2.45, 2.75) is 6.54 Å². The molecule has 0 aliphatic heterocycles. The molecule has 7 heteroatoms. The van der Waals surface area contributed by atoms with Crippen molar-refractivity contribution in [3.63, 3.8) is 0 Å². The standard InChI is InChI=1S/C16H17BrClN3O2/c1-21(9-11-8-12(17)5-6-14(11)23-2)10-15(22)20-13-4-3-7-19-16(13)18/h3-8H,9-10H2,1-2H3,(H,20,22)/p+1. The van der Waals surface area contributed by atoms with Crippen LogP contribution in [0.2, 0.25) is 5.15 Å². The minimum atomic E-state index is -0.119. The van der Waals surface area contributed by atoms with Crippen LogP contribution in [0.4, 0.5) is 5.69 Å². The molecule has 0 saturated carbocycles. The van der Waals surface area contributed by atoms with Gasteiger partial charge in [-0.15, -0.1) is 0 Å². The van der Waals surface area contributed by atoms with Crippen LogP contribution in [-0.2, 0) is 11.3 Å². The lowest BCUT2D eigenvalue weighted by molar-refractivity contribution is -0.885. The van der Waals surface area contributed by atoms with Gasteiger partial charge < -0.3 is 15.0 Å². The molecule has 1 atom stereocenters. The molecule has 0 fully saturated rings. The Balaban J connectivity index is 1.97. The lowest BCUT2D eigenvalue weighted by Gasteiger charge is -2.16. The minimum Gasteiger partial charge on any atom is -0.496 e. The zero-order valence-corrected chi connectivity index (χ0v) is 15.2. The van der Waals surface area contributed by atoms with Crippen LogP contribution >= 0.6 is 27.5 Å². The Morgan fingerprint density at radius 2 is 2.22 bits per heavy atom. The summed E-state index contributed by atoms with van der Waals surface area (Å²) in [7, 11) is 3.59. The first-order valence-electron chi connectivity index (χ1n) is 7.03. The smallest absolute Gasteiger partial charge is 0.279 e. The van der Waals surface area contributed by atoms with Crippen molar-refractivity contribution < 1.29 is 14.4 Å². The predicted molar refractivity (Wildman–Crippen MR) is 94.0 cm³/mol. The molecule has 1 amide bonds. The molecule has 0 radical (unpaired) electrons. The zero-order chi connectivity index (χ0) is 16.8. The van der Waals surface area contributed by atoms with Gasteiger partial charge in [0, 0.05) is 16.2 Å². The Labute approximate surface area is 148 Å². The number of likely N-dealkylation sites (N-methyl/N-ethyl adjacent to an activating group) is 1. The van der Waals surface area contributed by atoms with E-state index in [1.54, 1.807) is 25.4 Å². The first-order chi connectivity index (χ1) is 11.0. The third-order valence-electron chi connectivity index (χ3n) is 3.23. The first kappa shape index (κ1) is 17.7. The predicted octanol–water partition coefficient (Wildman–Crippen LogP) is 2.16. The maximum atomic E-state index is 12.1. The van der Waals surface area contributed by atoms with E-state index in [4.69, 9.17) is 16.3 Å². The number of benzene rings is 1. The van der Waals surface area contributed by atoms with Gasteiger partial charge in [0.15, 0.2) is 11.7 Å². The fourth-order valence-electron chi connectivity index (χ4n) is 2.22. The van der Waals surface area contributed by atoms with Crippen molar-refractivity contribution in [2.75, 3.05) is 26.0 Å². The molecule has 122 valence electrons. The van der Waals surface area contributed by atoms with Gasteiger partial charge in [0.05, 0.1) is 19.8 Å². The summed E-state index contributed by atoms with van der Waals surface area (Å²) in [6.45, 7) is 0.970. The molecule has 1 heterocycles. The van der Waals surface area contributed by atoms with E-state index in [-0.39, 0.29) is 11.1 Å². The number of halogens is 2. The normalized spacial score (nSPS) is 11.8. The fraction of sp³-hybridized carbons (Fsp3) is 0.250. The largest absolute Gasteiger partial charge is 0.496 e. The molecule has 0 saturated heterocycles. The molecule has 1 aromatic heterocycles. The Morgan fingerprint density at radius 3 is 2.91 bits per heavy atom. The summed E-state index contributed by atoms with van der Waals surface area (Å²) in [5.74, 6) is 0.689. The summed E-state index contributed by atoms with van der Waals surface area (Å²) in [4.78, 5) is 17.1. The van der Waals surface area contributed by atoms with Crippen molar-refractivity contribution in [1.29, 1.82) is 0 Å². The Kier molecular flexibility index (Phi) is 6.38. The second kappa shape index (κ2) is 8.29. The van der Waals surface area contributed by atoms with Crippen LogP contribution in [0.25, 0.3) is 0 Å². The molecule has 23 heavy (non-hydrogen) atoms. The van der Waals surface area contributed by atoms with Gasteiger partial charge in [-0.1, -0.05) is 27.5 Å². The molecular weight excluding hydrogens is 382 g/mol. The Hall–Kier alpha value is -1.63. The minimum absolute atomic E-state index is 0.119. The van der Waals surface area contributed by atoms with Crippen LogP contribution in [0.3, 0.4) is 0 Å². The summed E-state index contributed by atoms with van der Waals surface area (Å²) in [5.41, 5.74) is 1.55. The van der Waals surface area contributed by atoms with Crippen molar-refractivity contribution in [2.24, 2.45) is 0 Å². The van der Waals surface area contributed by atoms with Gasteiger partial charge in [0.25, 0.3) is 5.91 Å². The maximum Gasteiger partial charge on any atom is 0.279 e. The zero-order valence-electron chi connectivity index (χ0n) is 12.9. The number of rotatable bonds is 6. The SMILES string of the molecule is COc1ccc(Br)cc1C[NH+](C)CC(=O)Nc1cccnc1Cl. The van der Waals surface area contributed by atoms with Crippen molar-refractivity contribution in [3.8, 4) is 5.75 Å². The topological polar surface area (TPSA) is 55.7 Å². The van der Waals surface area contributed by atoms with Crippen LogP contribution in [0, 0.1) is 0 Å². The number of quaternary nitrogens is 1. The number of nitrogens with zero attached hydrogens (tertiary/aromatic N) is 1. The van der Waals surface area contributed by atoms with Gasteiger partial charge in [-0.3, -0.25) is 4.79 Å². The average Bonchev–Trinajstić information content (AvgIpc) is 2.49. The van der Waals surface area contributed by atoms with Crippen molar-refractivity contribution in [1.82, 2.24) is 4.98 Å². The quantitative estimate of drug-likeness (QED) is 0.732. The van der Waals surface area contributed by atoms with Crippen molar-refractivity contribution >= 4 is 39.1 Å². The van der Waals surface area contributed by atoms with Crippen LogP contribution < -0.4 is 15.0 Å². The molecule has 5 nitrogen and oxygen atoms in total. The van der Waals surface area contributed by atoms with Crippen LogP contribution in [0.5, 0.6) is 5.75 Å². The first-order valence-corrected chi connectivity index (χ1v) is 8.20. The molecule has 0 spiro atoms. The summed E-state index contributed by atoms with van der Waals surface area (Å²) in [5, 5.41) is 3.06. The highest BCUT2D eigenvalue weighted by Crippen LogP contribution is 2.22. The summed E-state index contributed by atoms with van der Waals surface area (Å²) < 4.78 is 6.34. The van der Waals surface area contributed by atoms with Crippen molar-refractivity contribution in [3.05, 3.63) is 51.7 Å². The number of hydrogen-bond acceptors (Lipinski definition) is 3. The van der Waals surface area contributed by atoms with Gasteiger partial charge in [-0.05, 0) is 30.3 Å². The lowest BCUT2D eigenvalue weighted by Crippen LogP contribution is -3.08. The molecule has 2 N–H and O–H groups in total. The highest BCUT2D eigenvalue weighted by atomic mass is 79.9. The number of methoxy groups -OCH3 is 1. The maximum absolute atomic E-state index is 12.1. The van der Waals surface area contributed by atoms with Gasteiger partial charge in [-0.25, -0.2) is 4.98 Å². The molecule has 1 aromatic carbocycles. The number of anilines is 1. The molecule has 2 aromatic rings. The van der Waals surface area contributed by atoms with E-state index in [0.717, 1.165) is 20.7 Å². The van der Waals surface area contributed by atoms with E-state index >= 15 is 0 Å². The molecule has 2 rings (SSSR count). The monoisotopic (exact) mass is 398 g/mol. The number of pyridine rings is 1. The lowest BCUT2D eigenvalue weighted by atomic mass is 10.2. The third kappa shape index (κ3) is 5.20. The third-order valence-corrected chi connectivity index (χ3v) is 4.02. The van der Waals surface area contributed by atoms with Crippen LogP contribution in [0.1, 0.15) is 5.56 Å². The second-order valence-electron chi connectivity index (χ2n) is 5.16. The number of ether oxygens (including phenoxy) is 1. The fourth-order valence-corrected chi connectivity index (χ4v) is 2.80. The average molecular weight is 400 g/mol.